The van der Waals surface area contributed by atoms with Gasteiger partial charge in [0.25, 0.3) is 0 Å². The van der Waals surface area contributed by atoms with Crippen molar-refractivity contribution in [3.8, 4) is 11.6 Å². The van der Waals surface area contributed by atoms with E-state index in [1.54, 1.807) is 18.2 Å². The number of hydrogen-bond acceptors (Lipinski definition) is 3. The maximum absolute atomic E-state index is 13.8. The Bertz CT molecular complexity index is 552. The van der Waals surface area contributed by atoms with Crippen molar-refractivity contribution < 1.29 is 14.2 Å². The standard InChI is InChI=1S/C13H15FN2O2/c1-3-11-9(8-17)13(18-2)16(15-11)12-7-5-4-6-10(12)14/h4-7,17H,3,8H2,1-2H3. The fourth-order valence-electron chi connectivity index (χ4n) is 1.92. The molecule has 0 unspecified atom stereocenters. The summed E-state index contributed by atoms with van der Waals surface area (Å²) >= 11 is 0. The molecule has 0 amide bonds. The molecule has 2 aromatic rings. The van der Waals surface area contributed by atoms with Crippen molar-refractivity contribution in [2.75, 3.05) is 7.11 Å². The van der Waals surface area contributed by atoms with Crippen LogP contribution in [0.5, 0.6) is 5.88 Å². The maximum atomic E-state index is 13.8. The lowest BCUT2D eigenvalue weighted by Gasteiger charge is -2.07. The van der Waals surface area contributed by atoms with E-state index in [2.05, 4.69) is 5.10 Å². The van der Waals surface area contributed by atoms with E-state index in [4.69, 9.17) is 4.74 Å². The second kappa shape index (κ2) is 5.18. The first kappa shape index (κ1) is 12.6. The number of ether oxygens (including phenoxy) is 1. The zero-order valence-corrected chi connectivity index (χ0v) is 10.4. The van der Waals surface area contributed by atoms with Gasteiger partial charge < -0.3 is 9.84 Å². The van der Waals surface area contributed by atoms with Gasteiger partial charge in [0, 0.05) is 0 Å². The number of methoxy groups -OCH3 is 1. The molecule has 0 aliphatic carbocycles. The van der Waals surface area contributed by atoms with Gasteiger partial charge in [0.15, 0.2) is 0 Å². The molecule has 1 aromatic heterocycles. The van der Waals surface area contributed by atoms with Crippen LogP contribution in [0.3, 0.4) is 0 Å². The number of rotatable bonds is 4. The number of aliphatic hydroxyl groups excluding tert-OH is 1. The van der Waals surface area contributed by atoms with Crippen molar-refractivity contribution in [2.45, 2.75) is 20.0 Å². The van der Waals surface area contributed by atoms with Gasteiger partial charge in [0.05, 0.1) is 25.0 Å². The van der Waals surface area contributed by atoms with Crippen molar-refractivity contribution >= 4 is 0 Å². The molecule has 1 heterocycles. The Hall–Kier alpha value is -1.88. The summed E-state index contributed by atoms with van der Waals surface area (Å²) in [4.78, 5) is 0. The Morgan fingerprint density at radius 1 is 1.39 bits per heavy atom. The van der Waals surface area contributed by atoms with Crippen LogP contribution in [0.15, 0.2) is 24.3 Å². The largest absolute Gasteiger partial charge is 0.481 e. The highest BCUT2D eigenvalue weighted by Crippen LogP contribution is 2.27. The summed E-state index contributed by atoms with van der Waals surface area (Å²) in [6.07, 6.45) is 0.647. The topological polar surface area (TPSA) is 47.3 Å². The Kier molecular flexibility index (Phi) is 3.62. The third-order valence-corrected chi connectivity index (χ3v) is 2.79. The van der Waals surface area contributed by atoms with E-state index in [0.717, 1.165) is 0 Å². The third-order valence-electron chi connectivity index (χ3n) is 2.79. The first-order chi connectivity index (χ1) is 8.72. The van der Waals surface area contributed by atoms with Crippen LogP contribution in [-0.2, 0) is 13.0 Å². The van der Waals surface area contributed by atoms with Crippen LogP contribution < -0.4 is 4.74 Å². The molecule has 0 aliphatic rings. The lowest BCUT2D eigenvalue weighted by Crippen LogP contribution is -2.03. The first-order valence-electron chi connectivity index (χ1n) is 5.73. The van der Waals surface area contributed by atoms with Gasteiger partial charge in [-0.05, 0) is 18.6 Å². The lowest BCUT2D eigenvalue weighted by molar-refractivity contribution is 0.271. The highest BCUT2D eigenvalue weighted by molar-refractivity contribution is 5.42. The zero-order chi connectivity index (χ0) is 13.1. The molecule has 0 atom stereocenters. The van der Waals surface area contributed by atoms with Crippen LogP contribution in [0, 0.1) is 5.82 Å². The predicted molar refractivity (Wildman–Crippen MR) is 65.4 cm³/mol. The molecule has 1 aromatic carbocycles. The second-order valence-electron chi connectivity index (χ2n) is 3.81. The van der Waals surface area contributed by atoms with E-state index in [0.29, 0.717) is 29.2 Å². The number of hydrogen-bond donors (Lipinski definition) is 1. The van der Waals surface area contributed by atoms with Crippen LogP contribution in [0.2, 0.25) is 0 Å². The monoisotopic (exact) mass is 250 g/mol. The van der Waals surface area contributed by atoms with Crippen molar-refractivity contribution in [3.63, 3.8) is 0 Å². The summed E-state index contributed by atoms with van der Waals surface area (Å²) in [5, 5.41) is 13.7. The molecule has 0 saturated heterocycles. The molecule has 18 heavy (non-hydrogen) atoms. The average molecular weight is 250 g/mol. The minimum atomic E-state index is -0.384. The molecular formula is C13H15FN2O2. The van der Waals surface area contributed by atoms with Crippen LogP contribution >= 0.6 is 0 Å². The van der Waals surface area contributed by atoms with Gasteiger partial charge in [-0.2, -0.15) is 9.78 Å². The van der Waals surface area contributed by atoms with E-state index >= 15 is 0 Å². The summed E-state index contributed by atoms with van der Waals surface area (Å²) in [6, 6.07) is 6.32. The van der Waals surface area contributed by atoms with E-state index < -0.39 is 0 Å². The van der Waals surface area contributed by atoms with Gasteiger partial charge in [-0.15, -0.1) is 0 Å². The van der Waals surface area contributed by atoms with Gasteiger partial charge in [-0.1, -0.05) is 19.1 Å². The molecule has 0 aliphatic heterocycles. The van der Waals surface area contributed by atoms with Crippen molar-refractivity contribution in [1.29, 1.82) is 0 Å². The Labute approximate surface area is 105 Å². The average Bonchev–Trinajstić information content (AvgIpc) is 2.76. The van der Waals surface area contributed by atoms with Crippen molar-refractivity contribution in [3.05, 3.63) is 41.3 Å². The molecule has 5 heteroatoms. The quantitative estimate of drug-likeness (QED) is 0.903. The van der Waals surface area contributed by atoms with Crippen LogP contribution in [-0.4, -0.2) is 22.0 Å². The van der Waals surface area contributed by atoms with Gasteiger partial charge in [-0.3, -0.25) is 0 Å². The molecule has 0 fully saturated rings. The fraction of sp³-hybridized carbons (Fsp3) is 0.308. The Balaban J connectivity index is 2.64. The van der Waals surface area contributed by atoms with Gasteiger partial charge in [-0.25, -0.2) is 4.39 Å². The van der Waals surface area contributed by atoms with Gasteiger partial charge in [0.2, 0.25) is 5.88 Å². The highest BCUT2D eigenvalue weighted by Gasteiger charge is 2.19. The van der Waals surface area contributed by atoms with E-state index in [1.165, 1.54) is 17.9 Å². The van der Waals surface area contributed by atoms with E-state index in [1.807, 2.05) is 6.92 Å². The van der Waals surface area contributed by atoms with Crippen LogP contribution in [0.1, 0.15) is 18.2 Å². The summed E-state index contributed by atoms with van der Waals surface area (Å²) in [5.41, 5.74) is 1.62. The second-order valence-corrected chi connectivity index (χ2v) is 3.81. The summed E-state index contributed by atoms with van der Waals surface area (Å²) in [7, 11) is 1.48. The first-order valence-corrected chi connectivity index (χ1v) is 5.73. The van der Waals surface area contributed by atoms with Crippen LogP contribution in [0.25, 0.3) is 5.69 Å². The number of aromatic nitrogens is 2. The molecule has 0 spiro atoms. The molecule has 0 bridgehead atoms. The van der Waals surface area contributed by atoms with E-state index in [-0.39, 0.29) is 12.4 Å². The molecule has 1 N–H and O–H groups in total. The molecule has 0 saturated carbocycles. The highest BCUT2D eigenvalue weighted by atomic mass is 19.1. The maximum Gasteiger partial charge on any atom is 0.222 e. The van der Waals surface area contributed by atoms with E-state index in [9.17, 15) is 9.50 Å². The zero-order valence-electron chi connectivity index (χ0n) is 10.4. The van der Waals surface area contributed by atoms with Crippen molar-refractivity contribution in [2.24, 2.45) is 0 Å². The van der Waals surface area contributed by atoms with Gasteiger partial charge in [0.1, 0.15) is 11.5 Å². The molecule has 4 nitrogen and oxygen atoms in total. The predicted octanol–water partition coefficient (Wildman–Crippen LogP) is 2.07. The number of para-hydroxylation sites is 1. The normalized spacial score (nSPS) is 10.7. The number of halogens is 1. The number of benzene rings is 1. The molecule has 2 rings (SSSR count). The molecule has 0 radical (unpaired) electrons. The minimum absolute atomic E-state index is 0.180. The smallest absolute Gasteiger partial charge is 0.222 e. The SMILES string of the molecule is CCc1nn(-c2ccccc2F)c(OC)c1CO. The van der Waals surface area contributed by atoms with Gasteiger partial charge >= 0.3 is 0 Å². The fourth-order valence-corrected chi connectivity index (χ4v) is 1.92. The minimum Gasteiger partial charge on any atom is -0.481 e. The summed E-state index contributed by atoms with van der Waals surface area (Å²) < 4.78 is 20.4. The van der Waals surface area contributed by atoms with Crippen molar-refractivity contribution in [1.82, 2.24) is 9.78 Å². The number of nitrogens with zero attached hydrogens (tertiary/aromatic N) is 2. The number of aryl methyl sites for hydroxylation is 1. The Morgan fingerprint density at radius 2 is 2.11 bits per heavy atom. The lowest BCUT2D eigenvalue weighted by atomic mass is 10.2. The Morgan fingerprint density at radius 3 is 2.67 bits per heavy atom. The third kappa shape index (κ3) is 1.97. The number of aliphatic hydroxyl groups is 1. The van der Waals surface area contributed by atoms with Crippen LogP contribution in [0.4, 0.5) is 4.39 Å². The molecule has 96 valence electrons. The summed E-state index contributed by atoms with van der Waals surface area (Å²) in [6.45, 7) is 1.74. The molecular weight excluding hydrogens is 235 g/mol. The summed E-state index contributed by atoms with van der Waals surface area (Å²) in [5.74, 6) is -0.00936.